The van der Waals surface area contributed by atoms with Gasteiger partial charge in [-0.3, -0.25) is 10.1 Å². The van der Waals surface area contributed by atoms with Gasteiger partial charge in [0.2, 0.25) is 0 Å². The van der Waals surface area contributed by atoms with Gasteiger partial charge in [0, 0.05) is 9.75 Å². The minimum Gasteiger partial charge on any atom is -0.404 e. The predicted octanol–water partition coefficient (Wildman–Crippen LogP) is 3.96. The maximum absolute atomic E-state index is 10.8. The molecule has 0 radical (unpaired) electrons. The zero-order valence-corrected chi connectivity index (χ0v) is 12.6. The van der Waals surface area contributed by atoms with Crippen molar-refractivity contribution in [1.82, 2.24) is 5.32 Å². The van der Waals surface area contributed by atoms with Crippen LogP contribution in [0, 0.1) is 24.0 Å². The molecule has 0 saturated carbocycles. The number of rotatable bonds is 6. The van der Waals surface area contributed by atoms with Crippen LogP contribution in [0.1, 0.15) is 40.5 Å². The second kappa shape index (κ2) is 6.19. The van der Waals surface area contributed by atoms with E-state index in [4.69, 9.17) is 4.42 Å². The van der Waals surface area contributed by atoms with Crippen LogP contribution in [0.15, 0.2) is 22.6 Å². The Morgan fingerprint density at radius 3 is 2.70 bits per heavy atom. The molecule has 2 aromatic heterocycles. The lowest BCUT2D eigenvalue weighted by Gasteiger charge is -2.16. The van der Waals surface area contributed by atoms with Gasteiger partial charge in [-0.15, -0.1) is 11.3 Å². The number of nitrogens with one attached hydrogen (secondary N) is 1. The van der Waals surface area contributed by atoms with Crippen molar-refractivity contribution < 1.29 is 9.34 Å². The molecule has 2 rings (SSSR count). The van der Waals surface area contributed by atoms with E-state index in [2.05, 4.69) is 32.2 Å². The van der Waals surface area contributed by atoms with Gasteiger partial charge in [0.15, 0.2) is 0 Å². The fraction of sp³-hybridized carbons (Fsp3) is 0.429. The van der Waals surface area contributed by atoms with Gasteiger partial charge in [0.25, 0.3) is 0 Å². The maximum atomic E-state index is 10.8. The van der Waals surface area contributed by atoms with Crippen LogP contribution >= 0.6 is 11.3 Å². The van der Waals surface area contributed by atoms with Gasteiger partial charge in [-0.2, -0.15) is 0 Å². The average molecular weight is 294 g/mol. The minimum atomic E-state index is -0.508. The van der Waals surface area contributed by atoms with Crippen LogP contribution in [-0.4, -0.2) is 11.5 Å². The Labute approximate surface area is 121 Å². The Balaban J connectivity index is 2.35. The highest BCUT2D eigenvalue weighted by atomic mass is 32.1. The number of thiophene rings is 1. The molecule has 0 fully saturated rings. The van der Waals surface area contributed by atoms with Crippen molar-refractivity contribution in [2.75, 3.05) is 6.54 Å². The summed E-state index contributed by atoms with van der Waals surface area (Å²) in [4.78, 5) is 12.7. The Bertz CT molecular complexity index is 603. The molecule has 1 unspecified atom stereocenters. The van der Waals surface area contributed by atoms with Crippen LogP contribution in [0.2, 0.25) is 0 Å². The second-order valence-electron chi connectivity index (χ2n) is 4.69. The third-order valence-corrected chi connectivity index (χ3v) is 4.05. The normalized spacial score (nSPS) is 12.6. The van der Waals surface area contributed by atoms with Crippen molar-refractivity contribution in [2.45, 2.75) is 33.2 Å². The molecular formula is C14H18N2O3S. The number of hydrogen-bond acceptors (Lipinski definition) is 5. The molecule has 0 saturated heterocycles. The van der Waals surface area contributed by atoms with E-state index in [0.29, 0.717) is 5.76 Å². The predicted molar refractivity (Wildman–Crippen MR) is 79.3 cm³/mol. The van der Waals surface area contributed by atoms with Crippen LogP contribution in [0.5, 0.6) is 0 Å². The van der Waals surface area contributed by atoms with Crippen LogP contribution in [0.4, 0.5) is 5.88 Å². The van der Waals surface area contributed by atoms with E-state index in [-0.39, 0.29) is 11.9 Å². The molecule has 0 aromatic carbocycles. The molecule has 0 aliphatic heterocycles. The van der Waals surface area contributed by atoms with Gasteiger partial charge in [0.1, 0.15) is 10.7 Å². The summed E-state index contributed by atoms with van der Waals surface area (Å²) in [5.74, 6) is 0.374. The van der Waals surface area contributed by atoms with Crippen LogP contribution in [-0.2, 0) is 0 Å². The third kappa shape index (κ3) is 3.08. The van der Waals surface area contributed by atoms with E-state index >= 15 is 0 Å². The van der Waals surface area contributed by atoms with E-state index in [1.165, 1.54) is 15.8 Å². The zero-order chi connectivity index (χ0) is 14.7. The van der Waals surface area contributed by atoms with Crippen molar-refractivity contribution in [3.05, 3.63) is 49.4 Å². The van der Waals surface area contributed by atoms with Gasteiger partial charge in [-0.1, -0.05) is 6.92 Å². The smallest absolute Gasteiger partial charge is 0.404 e. The molecule has 0 bridgehead atoms. The lowest BCUT2D eigenvalue weighted by molar-refractivity contribution is -0.402. The van der Waals surface area contributed by atoms with Gasteiger partial charge in [0.05, 0.1) is 12.1 Å². The SMILES string of the molecule is CCCNC(c1ccc([N+](=O)[O-])o1)c1cc(C)sc1C. The zero-order valence-electron chi connectivity index (χ0n) is 11.8. The molecule has 2 aromatic rings. The monoisotopic (exact) mass is 294 g/mol. The highest BCUT2D eigenvalue weighted by Crippen LogP contribution is 2.32. The fourth-order valence-electron chi connectivity index (χ4n) is 2.19. The van der Waals surface area contributed by atoms with E-state index in [9.17, 15) is 10.1 Å². The van der Waals surface area contributed by atoms with Crippen LogP contribution in [0.25, 0.3) is 0 Å². The highest BCUT2D eigenvalue weighted by molar-refractivity contribution is 7.12. The summed E-state index contributed by atoms with van der Waals surface area (Å²) in [5, 5.41) is 14.2. The summed E-state index contributed by atoms with van der Waals surface area (Å²) in [6, 6.07) is 5.07. The topological polar surface area (TPSA) is 68.3 Å². The summed E-state index contributed by atoms with van der Waals surface area (Å²) >= 11 is 1.72. The molecule has 0 aliphatic carbocycles. The molecule has 5 nitrogen and oxygen atoms in total. The van der Waals surface area contributed by atoms with Crippen molar-refractivity contribution in [2.24, 2.45) is 0 Å². The summed E-state index contributed by atoms with van der Waals surface area (Å²) in [7, 11) is 0. The van der Waals surface area contributed by atoms with Crippen LogP contribution in [0.3, 0.4) is 0 Å². The Kier molecular flexibility index (Phi) is 4.57. The Morgan fingerprint density at radius 1 is 1.45 bits per heavy atom. The van der Waals surface area contributed by atoms with Gasteiger partial charge in [-0.05, 0) is 44.5 Å². The molecule has 0 aliphatic rings. The Hall–Kier alpha value is -1.66. The first-order chi connectivity index (χ1) is 9.52. The average Bonchev–Trinajstić information content (AvgIpc) is 2.98. The number of aryl methyl sites for hydroxylation is 2. The van der Waals surface area contributed by atoms with Crippen LogP contribution < -0.4 is 5.32 Å². The molecule has 0 amide bonds. The van der Waals surface area contributed by atoms with Gasteiger partial charge < -0.3 is 9.73 Å². The quantitative estimate of drug-likeness (QED) is 0.647. The summed E-state index contributed by atoms with van der Waals surface area (Å²) in [6.07, 6.45) is 0.988. The Morgan fingerprint density at radius 2 is 2.20 bits per heavy atom. The first kappa shape index (κ1) is 14.7. The largest absolute Gasteiger partial charge is 0.433 e. The molecule has 1 atom stereocenters. The molecular weight excluding hydrogens is 276 g/mol. The number of hydrogen-bond donors (Lipinski definition) is 1. The van der Waals surface area contributed by atoms with Gasteiger partial charge in [-0.25, -0.2) is 0 Å². The minimum absolute atomic E-state index is 0.131. The molecule has 6 heteroatoms. The highest BCUT2D eigenvalue weighted by Gasteiger charge is 2.23. The van der Waals surface area contributed by atoms with E-state index in [1.54, 1.807) is 17.4 Å². The lowest BCUT2D eigenvalue weighted by atomic mass is 10.1. The summed E-state index contributed by atoms with van der Waals surface area (Å²) in [5.41, 5.74) is 1.13. The van der Waals surface area contributed by atoms with E-state index < -0.39 is 4.92 Å². The first-order valence-corrected chi connectivity index (χ1v) is 7.39. The number of nitro groups is 1. The summed E-state index contributed by atoms with van der Waals surface area (Å²) < 4.78 is 5.37. The maximum Gasteiger partial charge on any atom is 0.433 e. The molecule has 2 heterocycles. The van der Waals surface area contributed by atoms with Crippen molar-refractivity contribution in [3.63, 3.8) is 0 Å². The van der Waals surface area contributed by atoms with Gasteiger partial charge >= 0.3 is 5.88 Å². The number of furan rings is 1. The van der Waals surface area contributed by atoms with Crippen molar-refractivity contribution in [1.29, 1.82) is 0 Å². The van der Waals surface area contributed by atoms with E-state index in [1.807, 2.05) is 0 Å². The standard InChI is InChI=1S/C14H18N2O3S/c1-4-7-15-14(11-8-9(2)20-10(11)3)12-5-6-13(19-12)16(17)18/h5-6,8,14-15H,4,7H2,1-3H3. The third-order valence-electron chi connectivity index (χ3n) is 3.07. The fourth-order valence-corrected chi connectivity index (χ4v) is 3.15. The number of nitrogens with zero attached hydrogens (tertiary/aromatic N) is 1. The lowest BCUT2D eigenvalue weighted by Crippen LogP contribution is -2.22. The summed E-state index contributed by atoms with van der Waals surface area (Å²) in [6.45, 7) is 7.03. The van der Waals surface area contributed by atoms with E-state index in [0.717, 1.165) is 18.5 Å². The van der Waals surface area contributed by atoms with Crippen molar-refractivity contribution >= 4 is 17.2 Å². The first-order valence-electron chi connectivity index (χ1n) is 6.57. The molecule has 0 spiro atoms. The second-order valence-corrected chi connectivity index (χ2v) is 6.15. The molecule has 1 N–H and O–H groups in total. The van der Waals surface area contributed by atoms with Crippen molar-refractivity contribution in [3.8, 4) is 0 Å². The molecule has 108 valence electrons. The molecule has 20 heavy (non-hydrogen) atoms.